The quantitative estimate of drug-likeness (QED) is 0.0521. The van der Waals surface area contributed by atoms with Gasteiger partial charge in [0.25, 0.3) is 0 Å². The maximum Gasteiger partial charge on any atom is 0.418 e. The standard InChI is InChI=1S/C51H65F3N8O6S2/c1-33-15-19-36(50(9,10)32-48(3,4)5)29-42(33)67-70(66)60-38-20-16-34(2)43(30-38)68-69(65)59-37-21-17-35(18-22-37)46-56-47-44(45(49(6,7)8)57-62(47)58-46)55-41-24-23-39(31-40(41)51(52,53)54)61(25-11-13-27-63)26-12-14-28-64/h15-24,29-31,59-60,63-64H,11-14,25-28,32H2,1-10H3. The van der Waals surface area contributed by atoms with E-state index in [0.717, 1.165) is 23.6 Å². The Bertz CT molecular complexity index is 2740. The average molecular weight is 1010 g/mol. The molecule has 4 aromatic carbocycles. The molecule has 5 aromatic rings. The Kier molecular flexibility index (Phi) is 17.0. The number of hydrogen-bond donors (Lipinski definition) is 4. The van der Waals surface area contributed by atoms with Crippen molar-refractivity contribution < 1.29 is 40.2 Å². The molecule has 378 valence electrons. The maximum absolute atomic E-state index is 14.8. The Balaban J connectivity index is 1.16. The summed E-state index contributed by atoms with van der Waals surface area (Å²) in [7, 11) is 0. The van der Waals surface area contributed by atoms with Crippen LogP contribution in [0.5, 0.6) is 11.5 Å². The van der Waals surface area contributed by atoms with Gasteiger partial charge < -0.3 is 23.5 Å². The van der Waals surface area contributed by atoms with E-state index in [-0.39, 0.29) is 52.8 Å². The van der Waals surface area contributed by atoms with E-state index in [9.17, 15) is 31.8 Å². The van der Waals surface area contributed by atoms with Gasteiger partial charge in [-0.15, -0.1) is 9.89 Å². The summed E-state index contributed by atoms with van der Waals surface area (Å²) in [6.45, 7) is 21.1. The van der Waals surface area contributed by atoms with Crippen molar-refractivity contribution in [1.82, 2.24) is 14.9 Å². The molecule has 0 saturated heterocycles. The summed E-state index contributed by atoms with van der Waals surface area (Å²) < 4.78 is 88.2. The van der Waals surface area contributed by atoms with Crippen LogP contribution in [0.2, 0.25) is 0 Å². The van der Waals surface area contributed by atoms with E-state index in [1.807, 2.05) is 44.7 Å². The van der Waals surface area contributed by atoms with Gasteiger partial charge >= 0.3 is 28.7 Å². The summed E-state index contributed by atoms with van der Waals surface area (Å²) in [5, 5.41) is 27.8. The topological polar surface area (TPSA) is 176 Å². The molecule has 0 spiro atoms. The number of aliphatic hydroxyl groups excluding tert-OH is 2. The zero-order chi connectivity index (χ0) is 51.2. The van der Waals surface area contributed by atoms with Gasteiger partial charge in [-0.3, -0.25) is 9.44 Å². The van der Waals surface area contributed by atoms with E-state index in [0.29, 0.717) is 78.4 Å². The first-order valence-electron chi connectivity index (χ1n) is 23.2. The fraction of sp³-hybridized carbons (Fsp3) is 0.451. The number of fused-ring (bicyclic) bond motifs is 1. The third kappa shape index (κ3) is 14.0. The van der Waals surface area contributed by atoms with Gasteiger partial charge in [0.05, 0.1) is 22.6 Å². The minimum Gasteiger partial charge on any atom is -0.396 e. The van der Waals surface area contributed by atoms with Crippen molar-refractivity contribution in [1.29, 1.82) is 0 Å². The zero-order valence-corrected chi connectivity index (χ0v) is 43.2. The molecule has 70 heavy (non-hydrogen) atoms. The van der Waals surface area contributed by atoms with Crippen LogP contribution >= 0.6 is 0 Å². The number of nitrogens with one attached hydrogen (secondary N) is 2. The van der Waals surface area contributed by atoms with Crippen LogP contribution < -0.4 is 22.7 Å². The first-order valence-corrected chi connectivity index (χ1v) is 25.4. The molecule has 2 atom stereocenters. The highest BCUT2D eigenvalue weighted by Crippen LogP contribution is 2.41. The van der Waals surface area contributed by atoms with E-state index < -0.39 is 39.7 Å². The van der Waals surface area contributed by atoms with Gasteiger partial charge in [-0.05, 0) is 128 Å². The molecule has 0 fully saturated rings. The fourth-order valence-corrected chi connectivity index (χ4v) is 9.66. The summed E-state index contributed by atoms with van der Waals surface area (Å²) in [5.74, 6) is 1.19. The van der Waals surface area contributed by atoms with Gasteiger partial charge in [0.2, 0.25) is 5.82 Å². The number of hydrogen-bond acceptors (Lipinski definition) is 11. The van der Waals surface area contributed by atoms with Crippen LogP contribution in [0.3, 0.4) is 0 Å². The van der Waals surface area contributed by atoms with E-state index >= 15 is 0 Å². The lowest BCUT2D eigenvalue weighted by Crippen LogP contribution is -2.27. The van der Waals surface area contributed by atoms with Crippen LogP contribution in [0, 0.1) is 24.7 Å². The van der Waals surface area contributed by atoms with E-state index in [1.54, 1.807) is 55.5 Å². The number of rotatable bonds is 21. The van der Waals surface area contributed by atoms with Crippen LogP contribution in [0.15, 0.2) is 89.0 Å². The second-order valence-electron chi connectivity index (χ2n) is 20.4. The van der Waals surface area contributed by atoms with Crippen LogP contribution in [0.1, 0.15) is 116 Å². The van der Waals surface area contributed by atoms with Crippen LogP contribution in [-0.2, 0) is 34.1 Å². The number of nitrogens with zero attached hydrogens (tertiary/aromatic N) is 6. The highest BCUT2D eigenvalue weighted by Gasteiger charge is 2.38. The van der Waals surface area contributed by atoms with Gasteiger partial charge in [-0.1, -0.05) is 73.6 Å². The molecule has 0 aliphatic carbocycles. The van der Waals surface area contributed by atoms with Crippen molar-refractivity contribution in [2.24, 2.45) is 20.9 Å². The first-order chi connectivity index (χ1) is 32.8. The number of aliphatic hydroxyl groups is 2. The third-order valence-electron chi connectivity index (χ3n) is 11.5. The maximum atomic E-state index is 14.8. The van der Waals surface area contributed by atoms with Gasteiger partial charge in [-0.2, -0.15) is 26.7 Å². The minimum atomic E-state index is -4.74. The number of aromatic nitrogens is 3. The molecule has 6 rings (SSSR count). The molecule has 0 radical (unpaired) electrons. The third-order valence-corrected chi connectivity index (χ3v) is 13.0. The lowest BCUT2D eigenvalue weighted by atomic mass is 9.72. The number of unbranched alkanes of at least 4 members (excludes halogenated alkanes) is 2. The second-order valence-corrected chi connectivity index (χ2v) is 22.0. The molecule has 0 amide bonds. The molecule has 2 unspecified atom stereocenters. The molecule has 0 bridgehead atoms. The molecule has 0 saturated carbocycles. The summed E-state index contributed by atoms with van der Waals surface area (Å²) in [4.78, 5) is 12.4. The largest absolute Gasteiger partial charge is 0.418 e. The van der Waals surface area contributed by atoms with E-state index in [2.05, 4.69) is 65.3 Å². The summed E-state index contributed by atoms with van der Waals surface area (Å²) in [6, 6.07) is 21.8. The van der Waals surface area contributed by atoms with E-state index in [4.69, 9.17) is 13.4 Å². The summed E-state index contributed by atoms with van der Waals surface area (Å²) in [5.41, 5.74) is 3.05. The zero-order valence-electron chi connectivity index (χ0n) is 41.5. The Morgan fingerprint density at radius 3 is 1.87 bits per heavy atom. The Labute approximate surface area is 414 Å². The van der Waals surface area contributed by atoms with Crippen molar-refractivity contribution >= 4 is 56.7 Å². The molecular weight excluding hydrogens is 942 g/mol. The molecule has 4 N–H and O–H groups in total. The van der Waals surface area contributed by atoms with Crippen LogP contribution in [0.4, 0.5) is 35.9 Å². The molecule has 2 heterocycles. The molecular formula is C51H65F3N8O6S2. The average Bonchev–Trinajstić information content (AvgIpc) is 3.84. The number of halogens is 3. The SMILES string of the molecule is Cc1ccc(NS(=O)Oc2cc(C(C)(C)CC(C)(C)C)ccc2C)cc1OS(=O)Nc1ccc(-c2nc3n(n2)N=C(C(C)(C)C)C3=Nc2ccc(N(CCCCO)CCCCO)cc2C(F)(F)F)cc1. The Morgan fingerprint density at radius 2 is 1.30 bits per heavy atom. The molecule has 1 aliphatic heterocycles. The van der Waals surface area contributed by atoms with Crippen molar-refractivity contribution in [3.05, 3.63) is 107 Å². The lowest BCUT2D eigenvalue weighted by molar-refractivity contribution is -0.137. The number of alkyl halides is 3. The smallest absolute Gasteiger partial charge is 0.396 e. The van der Waals surface area contributed by atoms with Gasteiger partial charge in [0.1, 0.15) is 17.2 Å². The van der Waals surface area contributed by atoms with Gasteiger partial charge in [-0.25, -0.2) is 9.98 Å². The number of aliphatic imine (C=N–C) groups is 1. The van der Waals surface area contributed by atoms with Crippen molar-refractivity contribution in [3.63, 3.8) is 0 Å². The lowest BCUT2D eigenvalue weighted by Gasteiger charge is -2.33. The Hall–Kier alpha value is -5.63. The minimum absolute atomic E-state index is 0.0217. The second kappa shape index (κ2) is 22.2. The molecule has 1 aliphatic rings. The highest BCUT2D eigenvalue weighted by atomic mass is 32.2. The predicted octanol–water partition coefficient (Wildman–Crippen LogP) is 11.2. The fourth-order valence-electron chi connectivity index (χ4n) is 8.24. The van der Waals surface area contributed by atoms with Crippen LogP contribution in [-0.4, -0.2) is 71.2 Å². The summed E-state index contributed by atoms with van der Waals surface area (Å²) in [6.07, 6.45) is -1.62. The van der Waals surface area contributed by atoms with E-state index in [1.165, 1.54) is 10.9 Å². The highest BCUT2D eigenvalue weighted by molar-refractivity contribution is 7.82. The van der Waals surface area contributed by atoms with Gasteiger partial charge in [0.15, 0.2) is 5.82 Å². The normalized spacial score (nSPS) is 14.6. The van der Waals surface area contributed by atoms with Crippen molar-refractivity contribution in [3.8, 4) is 22.9 Å². The number of aryl methyl sites for hydroxylation is 2. The number of benzene rings is 4. The number of anilines is 3. The van der Waals surface area contributed by atoms with Crippen molar-refractivity contribution in [2.75, 3.05) is 40.6 Å². The first kappa shape index (κ1) is 53.7. The predicted molar refractivity (Wildman–Crippen MR) is 274 cm³/mol. The van der Waals surface area contributed by atoms with Crippen LogP contribution in [0.25, 0.3) is 11.4 Å². The molecule has 14 nitrogen and oxygen atoms in total. The monoisotopic (exact) mass is 1010 g/mol. The molecule has 19 heteroatoms. The molecule has 1 aromatic heterocycles. The van der Waals surface area contributed by atoms with Crippen molar-refractivity contribution in [2.45, 2.75) is 113 Å². The van der Waals surface area contributed by atoms with Gasteiger partial charge in [0, 0.05) is 54.7 Å². The Morgan fingerprint density at radius 1 is 0.729 bits per heavy atom. The summed E-state index contributed by atoms with van der Waals surface area (Å²) >= 11 is -4.02.